The number of fused-ring (bicyclic) bond motifs is 1. The van der Waals surface area contributed by atoms with Crippen molar-refractivity contribution in [2.75, 3.05) is 31.6 Å². The van der Waals surface area contributed by atoms with Gasteiger partial charge < -0.3 is 19.7 Å². The zero-order valence-corrected chi connectivity index (χ0v) is 12.5. The van der Waals surface area contributed by atoms with Gasteiger partial charge in [-0.25, -0.2) is 0 Å². The van der Waals surface area contributed by atoms with Crippen LogP contribution in [0.25, 0.3) is 0 Å². The van der Waals surface area contributed by atoms with Gasteiger partial charge in [0.15, 0.2) is 17.5 Å². The van der Waals surface area contributed by atoms with E-state index in [0.717, 1.165) is 24.5 Å². The molecule has 21 heavy (non-hydrogen) atoms. The molecule has 3 rings (SSSR count). The number of amides is 1. The van der Waals surface area contributed by atoms with Crippen LogP contribution >= 0.6 is 0 Å². The van der Waals surface area contributed by atoms with E-state index in [1.54, 1.807) is 0 Å². The van der Waals surface area contributed by atoms with Crippen LogP contribution in [-0.4, -0.2) is 38.3 Å². The molecule has 0 aromatic heterocycles. The molecule has 0 bridgehead atoms. The van der Waals surface area contributed by atoms with E-state index >= 15 is 0 Å². The first kappa shape index (κ1) is 14.2. The van der Waals surface area contributed by atoms with Gasteiger partial charge in [-0.3, -0.25) is 4.79 Å². The Labute approximate surface area is 125 Å². The zero-order chi connectivity index (χ0) is 14.7. The highest BCUT2D eigenvalue weighted by Gasteiger charge is 2.26. The molecule has 1 aromatic rings. The highest BCUT2D eigenvalue weighted by molar-refractivity contribution is 5.93. The molecule has 0 saturated carbocycles. The van der Waals surface area contributed by atoms with E-state index in [-0.39, 0.29) is 11.9 Å². The molecule has 114 valence electrons. The first-order valence-electron chi connectivity index (χ1n) is 7.79. The van der Waals surface area contributed by atoms with Crippen molar-refractivity contribution in [1.82, 2.24) is 0 Å². The maximum absolute atomic E-state index is 12.4. The Morgan fingerprint density at radius 2 is 1.86 bits per heavy atom. The normalized spacial score (nSPS) is 19.9. The predicted molar refractivity (Wildman–Crippen MR) is 80.1 cm³/mol. The predicted octanol–water partition coefficient (Wildman–Crippen LogP) is 0.854. The number of carbonyl (C=O) groups is 1. The minimum Gasteiger partial charge on any atom is -0.486 e. The summed E-state index contributed by atoms with van der Waals surface area (Å²) >= 11 is 0. The molecule has 5 heteroatoms. The Bertz CT molecular complexity index is 512. The maximum atomic E-state index is 12.4. The molecule has 1 aromatic carbocycles. The van der Waals surface area contributed by atoms with Gasteiger partial charge >= 0.3 is 0 Å². The Hall–Kier alpha value is -1.75. The molecule has 2 N–H and O–H groups in total. The Kier molecular flexibility index (Phi) is 4.29. The maximum Gasteiger partial charge on any atom is 0.282 e. The number of hydrogen-bond acceptors (Lipinski definition) is 3. The molecule has 1 atom stereocenters. The van der Waals surface area contributed by atoms with Crippen LogP contribution in [0.4, 0.5) is 5.69 Å². The third kappa shape index (κ3) is 3.29. The summed E-state index contributed by atoms with van der Waals surface area (Å²) in [6.45, 7) is 5.33. The van der Waals surface area contributed by atoms with Gasteiger partial charge in [0.05, 0.1) is 13.1 Å². The first-order chi connectivity index (χ1) is 10.2. The summed E-state index contributed by atoms with van der Waals surface area (Å²) < 4.78 is 11.0. The van der Waals surface area contributed by atoms with Crippen molar-refractivity contribution >= 4 is 11.6 Å². The number of benzene rings is 1. The van der Waals surface area contributed by atoms with Crippen LogP contribution in [0.1, 0.15) is 26.2 Å². The van der Waals surface area contributed by atoms with E-state index in [1.807, 2.05) is 25.1 Å². The van der Waals surface area contributed by atoms with Crippen LogP contribution in [0, 0.1) is 0 Å². The van der Waals surface area contributed by atoms with Crippen molar-refractivity contribution in [1.29, 1.82) is 0 Å². The Morgan fingerprint density at radius 3 is 2.62 bits per heavy atom. The van der Waals surface area contributed by atoms with Crippen LogP contribution in [0.15, 0.2) is 18.2 Å². The number of quaternary nitrogens is 1. The number of nitrogens with one attached hydrogen (secondary N) is 2. The fourth-order valence-corrected chi connectivity index (χ4v) is 3.00. The summed E-state index contributed by atoms with van der Waals surface area (Å²) in [5.74, 6) is 1.52. The molecule has 5 nitrogen and oxygen atoms in total. The lowest BCUT2D eigenvalue weighted by molar-refractivity contribution is -0.918. The van der Waals surface area contributed by atoms with Crippen molar-refractivity contribution < 1.29 is 19.2 Å². The number of carbonyl (C=O) groups excluding carboxylic acids is 1. The topological polar surface area (TPSA) is 52.0 Å². The molecule has 2 aliphatic rings. The molecule has 1 fully saturated rings. The summed E-state index contributed by atoms with van der Waals surface area (Å²) in [4.78, 5) is 13.8. The standard InChI is InChI=1S/C16H22N2O3/c1-12(18-7-3-2-4-8-18)16(19)17-13-5-6-14-15(11-13)21-10-9-20-14/h5-6,11-12H,2-4,7-10H2,1H3,(H,17,19)/p+1/t12-/m0/s1. The minimum absolute atomic E-state index is 0.0153. The fourth-order valence-electron chi connectivity index (χ4n) is 3.00. The summed E-state index contributed by atoms with van der Waals surface area (Å²) in [5, 5.41) is 2.99. The zero-order valence-electron chi connectivity index (χ0n) is 12.5. The molecular weight excluding hydrogens is 268 g/mol. The second kappa shape index (κ2) is 6.35. The van der Waals surface area contributed by atoms with Gasteiger partial charge in [0.1, 0.15) is 13.2 Å². The van der Waals surface area contributed by atoms with Crippen molar-refractivity contribution in [2.45, 2.75) is 32.2 Å². The second-order valence-electron chi connectivity index (χ2n) is 5.79. The minimum atomic E-state index is -0.0153. The molecule has 0 unspecified atom stereocenters. The van der Waals surface area contributed by atoms with E-state index < -0.39 is 0 Å². The fraction of sp³-hybridized carbons (Fsp3) is 0.562. The smallest absolute Gasteiger partial charge is 0.282 e. The quantitative estimate of drug-likeness (QED) is 0.868. The third-order valence-electron chi connectivity index (χ3n) is 4.31. The van der Waals surface area contributed by atoms with Gasteiger partial charge in [0.25, 0.3) is 5.91 Å². The molecule has 1 amide bonds. The monoisotopic (exact) mass is 291 g/mol. The van der Waals surface area contributed by atoms with Gasteiger partial charge in [0, 0.05) is 11.8 Å². The lowest BCUT2D eigenvalue weighted by atomic mass is 10.1. The summed E-state index contributed by atoms with van der Waals surface area (Å²) in [7, 11) is 0. The SMILES string of the molecule is C[C@@H](C(=O)Nc1ccc2c(c1)OCCO2)[NH+]1CCCCC1. The Balaban J connectivity index is 1.63. The second-order valence-corrected chi connectivity index (χ2v) is 5.79. The highest BCUT2D eigenvalue weighted by Crippen LogP contribution is 2.32. The summed E-state index contributed by atoms with van der Waals surface area (Å²) in [6.07, 6.45) is 3.73. The van der Waals surface area contributed by atoms with Crippen molar-refractivity contribution in [3.63, 3.8) is 0 Å². The average molecular weight is 291 g/mol. The van der Waals surface area contributed by atoms with Gasteiger partial charge in [-0.05, 0) is 38.3 Å². The van der Waals surface area contributed by atoms with E-state index in [4.69, 9.17) is 9.47 Å². The van der Waals surface area contributed by atoms with Crippen LogP contribution in [0.3, 0.4) is 0 Å². The third-order valence-corrected chi connectivity index (χ3v) is 4.31. The molecule has 0 radical (unpaired) electrons. The van der Waals surface area contributed by atoms with E-state index in [0.29, 0.717) is 19.0 Å². The van der Waals surface area contributed by atoms with Crippen LogP contribution in [0.2, 0.25) is 0 Å². The van der Waals surface area contributed by atoms with E-state index in [2.05, 4.69) is 5.32 Å². The molecular formula is C16H23N2O3+. The Morgan fingerprint density at radius 1 is 1.14 bits per heavy atom. The van der Waals surface area contributed by atoms with Gasteiger partial charge in [0.2, 0.25) is 0 Å². The van der Waals surface area contributed by atoms with Crippen LogP contribution in [0.5, 0.6) is 11.5 Å². The van der Waals surface area contributed by atoms with Gasteiger partial charge in [-0.15, -0.1) is 0 Å². The van der Waals surface area contributed by atoms with E-state index in [9.17, 15) is 4.79 Å². The number of hydrogen-bond donors (Lipinski definition) is 2. The number of anilines is 1. The van der Waals surface area contributed by atoms with Crippen molar-refractivity contribution in [3.8, 4) is 11.5 Å². The van der Waals surface area contributed by atoms with Crippen LogP contribution in [-0.2, 0) is 4.79 Å². The summed E-state index contributed by atoms with van der Waals surface area (Å²) in [5.41, 5.74) is 0.771. The number of ether oxygens (including phenoxy) is 2. The molecule has 0 aliphatic carbocycles. The number of rotatable bonds is 3. The number of piperidine rings is 1. The highest BCUT2D eigenvalue weighted by atomic mass is 16.6. The lowest BCUT2D eigenvalue weighted by Crippen LogP contribution is -3.17. The van der Waals surface area contributed by atoms with Crippen molar-refractivity contribution in [3.05, 3.63) is 18.2 Å². The molecule has 2 aliphatic heterocycles. The first-order valence-corrected chi connectivity index (χ1v) is 7.79. The summed E-state index contributed by atoms with van der Waals surface area (Å²) in [6, 6.07) is 5.54. The van der Waals surface area contributed by atoms with Crippen LogP contribution < -0.4 is 19.7 Å². The molecule has 0 spiro atoms. The van der Waals surface area contributed by atoms with Gasteiger partial charge in [-0.2, -0.15) is 0 Å². The number of likely N-dealkylation sites (tertiary alicyclic amines) is 1. The molecule has 1 saturated heterocycles. The molecule has 2 heterocycles. The lowest BCUT2D eigenvalue weighted by Gasteiger charge is -2.28. The largest absolute Gasteiger partial charge is 0.486 e. The average Bonchev–Trinajstić information content (AvgIpc) is 2.55. The van der Waals surface area contributed by atoms with Crippen molar-refractivity contribution in [2.24, 2.45) is 0 Å². The van der Waals surface area contributed by atoms with E-state index in [1.165, 1.54) is 24.2 Å². The van der Waals surface area contributed by atoms with Gasteiger partial charge in [-0.1, -0.05) is 0 Å².